The predicted octanol–water partition coefficient (Wildman–Crippen LogP) is 1.38. The van der Waals surface area contributed by atoms with Gasteiger partial charge in [-0.15, -0.1) is 0 Å². The number of aliphatic carboxylic acids is 1. The fourth-order valence-corrected chi connectivity index (χ4v) is 1.32. The van der Waals surface area contributed by atoms with E-state index in [1.807, 2.05) is 0 Å². The Bertz CT molecular complexity index is 383. The first-order chi connectivity index (χ1) is 6.45. The van der Waals surface area contributed by atoms with E-state index in [2.05, 4.69) is 15.9 Å². The van der Waals surface area contributed by atoms with Gasteiger partial charge in [-0.05, 0) is 28.1 Å². The molecular weight excluding hydrogens is 257 g/mol. The minimum absolute atomic E-state index is 0.0574. The molecule has 0 aromatic heterocycles. The van der Waals surface area contributed by atoms with E-state index in [0.29, 0.717) is 0 Å². The third-order valence-electron chi connectivity index (χ3n) is 1.69. The van der Waals surface area contributed by atoms with Gasteiger partial charge in [0, 0.05) is 0 Å². The lowest BCUT2D eigenvalue weighted by Crippen LogP contribution is -2.22. The number of hydrogen-bond acceptors (Lipinski definition) is 3. The Labute approximate surface area is 87.3 Å². The van der Waals surface area contributed by atoms with Crippen LogP contribution in [0.5, 0.6) is 5.75 Å². The van der Waals surface area contributed by atoms with Crippen LogP contribution in [0.3, 0.4) is 0 Å². The van der Waals surface area contributed by atoms with Crippen molar-refractivity contribution in [1.82, 2.24) is 0 Å². The molecule has 0 aliphatic rings. The number of phenols is 1. The number of hydrogen-bond donors (Lipinski definition) is 3. The highest BCUT2D eigenvalue weighted by Crippen LogP contribution is 2.30. The molecule has 1 atom stereocenters. The lowest BCUT2D eigenvalue weighted by atomic mass is 10.1. The average Bonchev–Trinajstić information content (AvgIpc) is 2.12. The number of carboxylic acids is 1. The van der Waals surface area contributed by atoms with Gasteiger partial charge in [-0.1, -0.05) is 0 Å². The van der Waals surface area contributed by atoms with E-state index in [0.717, 1.165) is 0 Å². The molecule has 0 spiro atoms. The molecule has 0 bridgehead atoms. The summed E-state index contributed by atoms with van der Waals surface area (Å²) in [6.45, 7) is 0. The third-order valence-corrected chi connectivity index (χ3v) is 2.30. The Morgan fingerprint density at radius 3 is 2.64 bits per heavy atom. The van der Waals surface area contributed by atoms with Crippen molar-refractivity contribution in [2.45, 2.75) is 6.04 Å². The highest BCUT2D eigenvalue weighted by molar-refractivity contribution is 9.10. The molecule has 76 valence electrons. The van der Waals surface area contributed by atoms with E-state index >= 15 is 0 Å². The second-order valence-electron chi connectivity index (χ2n) is 2.61. The largest absolute Gasteiger partial charge is 0.507 e. The summed E-state index contributed by atoms with van der Waals surface area (Å²) in [4.78, 5) is 10.5. The average molecular weight is 264 g/mol. The van der Waals surface area contributed by atoms with E-state index in [-0.39, 0.29) is 4.47 Å². The van der Waals surface area contributed by atoms with Crippen LogP contribution in [-0.2, 0) is 4.79 Å². The van der Waals surface area contributed by atoms with Crippen molar-refractivity contribution in [3.8, 4) is 5.75 Å². The molecule has 0 aliphatic carbocycles. The molecule has 4 N–H and O–H groups in total. The van der Waals surface area contributed by atoms with Crippen molar-refractivity contribution in [2.24, 2.45) is 5.73 Å². The van der Waals surface area contributed by atoms with Crippen molar-refractivity contribution in [1.29, 1.82) is 0 Å². The number of nitrogens with two attached hydrogens (primary N) is 1. The summed E-state index contributed by atoms with van der Waals surface area (Å²) in [7, 11) is 0. The molecule has 1 unspecified atom stereocenters. The standard InChI is InChI=1S/C8H7BrFNO3/c9-3-1-2-4(12)5(6(3)10)7(11)8(13)14/h1-2,7,12H,11H2,(H,13,14). The second-order valence-corrected chi connectivity index (χ2v) is 3.46. The van der Waals surface area contributed by atoms with Gasteiger partial charge in [0.05, 0.1) is 10.0 Å². The van der Waals surface area contributed by atoms with Crippen molar-refractivity contribution in [3.05, 3.63) is 28.0 Å². The molecule has 4 nitrogen and oxygen atoms in total. The van der Waals surface area contributed by atoms with Crippen LogP contribution >= 0.6 is 15.9 Å². The van der Waals surface area contributed by atoms with Crippen LogP contribution in [0, 0.1) is 5.82 Å². The van der Waals surface area contributed by atoms with E-state index in [9.17, 15) is 14.3 Å². The number of halogens is 2. The quantitative estimate of drug-likeness (QED) is 0.753. The summed E-state index contributed by atoms with van der Waals surface area (Å²) < 4.78 is 13.4. The van der Waals surface area contributed by atoms with E-state index in [1.165, 1.54) is 12.1 Å². The smallest absolute Gasteiger partial charge is 0.325 e. The van der Waals surface area contributed by atoms with Gasteiger partial charge < -0.3 is 15.9 Å². The normalized spacial score (nSPS) is 12.5. The molecule has 0 heterocycles. The van der Waals surface area contributed by atoms with Gasteiger partial charge in [0.15, 0.2) is 0 Å². The van der Waals surface area contributed by atoms with Crippen molar-refractivity contribution >= 4 is 21.9 Å². The molecule has 0 saturated heterocycles. The molecule has 1 aromatic rings. The second kappa shape index (κ2) is 3.93. The lowest BCUT2D eigenvalue weighted by molar-refractivity contribution is -0.138. The Morgan fingerprint density at radius 2 is 2.14 bits per heavy atom. The van der Waals surface area contributed by atoms with Crippen LogP contribution < -0.4 is 5.73 Å². The van der Waals surface area contributed by atoms with Crippen molar-refractivity contribution in [3.63, 3.8) is 0 Å². The monoisotopic (exact) mass is 263 g/mol. The minimum atomic E-state index is -1.58. The van der Waals surface area contributed by atoms with Gasteiger partial charge in [0.25, 0.3) is 0 Å². The summed E-state index contributed by atoms with van der Waals surface area (Å²) in [6, 6.07) is 0.862. The Kier molecular flexibility index (Phi) is 3.07. The predicted molar refractivity (Wildman–Crippen MR) is 50.3 cm³/mol. The van der Waals surface area contributed by atoms with Gasteiger partial charge in [-0.3, -0.25) is 4.79 Å². The molecule has 1 rings (SSSR count). The summed E-state index contributed by atoms with van der Waals surface area (Å²) >= 11 is 2.86. The number of carbonyl (C=O) groups is 1. The van der Waals surface area contributed by atoms with E-state index in [4.69, 9.17) is 10.8 Å². The van der Waals surface area contributed by atoms with Crippen molar-refractivity contribution < 1.29 is 19.4 Å². The minimum Gasteiger partial charge on any atom is -0.507 e. The SMILES string of the molecule is NC(C(=O)O)c1c(O)ccc(Br)c1F. The van der Waals surface area contributed by atoms with Gasteiger partial charge in [-0.25, -0.2) is 4.39 Å². The Balaban J connectivity index is 3.32. The van der Waals surface area contributed by atoms with Crippen LogP contribution in [0.25, 0.3) is 0 Å². The fraction of sp³-hybridized carbons (Fsp3) is 0.125. The number of phenolic OH excluding ortho intramolecular Hbond substituents is 1. The Hall–Kier alpha value is -1.14. The van der Waals surface area contributed by atoms with Crippen LogP contribution in [0.15, 0.2) is 16.6 Å². The van der Waals surface area contributed by atoms with Crippen LogP contribution in [-0.4, -0.2) is 16.2 Å². The summed E-state index contributed by atoms with van der Waals surface area (Å²) in [5.74, 6) is -2.74. The first-order valence-corrected chi connectivity index (χ1v) is 4.39. The molecular formula is C8H7BrFNO3. The molecule has 14 heavy (non-hydrogen) atoms. The summed E-state index contributed by atoms with van der Waals surface area (Å²) in [6.07, 6.45) is 0. The number of carboxylic acid groups (broad SMARTS) is 1. The zero-order valence-corrected chi connectivity index (χ0v) is 8.45. The lowest BCUT2D eigenvalue weighted by Gasteiger charge is -2.10. The first kappa shape index (κ1) is 10.9. The topological polar surface area (TPSA) is 83.6 Å². The molecule has 0 aliphatic heterocycles. The van der Waals surface area contributed by atoms with Gasteiger partial charge >= 0.3 is 5.97 Å². The highest BCUT2D eigenvalue weighted by atomic mass is 79.9. The fourth-order valence-electron chi connectivity index (χ4n) is 0.975. The molecule has 0 fully saturated rings. The van der Waals surface area contributed by atoms with Gasteiger partial charge in [0.2, 0.25) is 0 Å². The maximum atomic E-state index is 13.3. The van der Waals surface area contributed by atoms with Gasteiger partial charge in [0.1, 0.15) is 17.6 Å². The zero-order valence-electron chi connectivity index (χ0n) is 6.87. The van der Waals surface area contributed by atoms with Crippen LogP contribution in [0.2, 0.25) is 0 Å². The maximum Gasteiger partial charge on any atom is 0.325 e. The van der Waals surface area contributed by atoms with Crippen LogP contribution in [0.4, 0.5) is 4.39 Å². The molecule has 1 aromatic carbocycles. The summed E-state index contributed by atoms with van der Waals surface area (Å²) in [5, 5.41) is 17.8. The Morgan fingerprint density at radius 1 is 1.57 bits per heavy atom. The van der Waals surface area contributed by atoms with Crippen LogP contribution in [0.1, 0.15) is 11.6 Å². The number of benzene rings is 1. The number of rotatable bonds is 2. The molecule has 0 saturated carbocycles. The van der Waals surface area contributed by atoms with E-state index in [1.54, 1.807) is 0 Å². The third kappa shape index (κ3) is 1.85. The molecule has 0 amide bonds. The van der Waals surface area contributed by atoms with E-state index < -0.39 is 29.1 Å². The maximum absolute atomic E-state index is 13.3. The molecule has 6 heteroatoms. The zero-order chi connectivity index (χ0) is 10.9. The number of aromatic hydroxyl groups is 1. The van der Waals surface area contributed by atoms with Gasteiger partial charge in [-0.2, -0.15) is 0 Å². The van der Waals surface area contributed by atoms with Crippen molar-refractivity contribution in [2.75, 3.05) is 0 Å². The highest BCUT2D eigenvalue weighted by Gasteiger charge is 2.23. The summed E-state index contributed by atoms with van der Waals surface area (Å²) in [5.41, 5.74) is 4.76. The molecule has 0 radical (unpaired) electrons. The first-order valence-electron chi connectivity index (χ1n) is 3.60.